The molecule has 2 amide bonds. The van der Waals surface area contributed by atoms with Crippen LogP contribution < -0.4 is 20.1 Å². The zero-order chi connectivity index (χ0) is 48.2. The summed E-state index contributed by atoms with van der Waals surface area (Å²) < 4.78 is 41.7. The molecular formula is C51H60FN9O8. The van der Waals surface area contributed by atoms with Gasteiger partial charge in [0.1, 0.15) is 41.2 Å². The van der Waals surface area contributed by atoms with E-state index in [4.69, 9.17) is 28.9 Å². The predicted molar refractivity (Wildman–Crippen MR) is 254 cm³/mol. The van der Waals surface area contributed by atoms with Gasteiger partial charge in [0.25, 0.3) is 0 Å². The zero-order valence-electron chi connectivity index (χ0n) is 39.7. The highest BCUT2D eigenvalue weighted by molar-refractivity contribution is 5.93. The summed E-state index contributed by atoms with van der Waals surface area (Å²) in [5.74, 6) is 1.61. The van der Waals surface area contributed by atoms with Gasteiger partial charge in [0.05, 0.1) is 72.4 Å². The molecule has 364 valence electrons. The topological polar surface area (TPSA) is 204 Å². The molecule has 69 heavy (non-hydrogen) atoms. The highest BCUT2D eigenvalue weighted by Crippen LogP contribution is 2.48. The zero-order valence-corrected chi connectivity index (χ0v) is 39.7. The van der Waals surface area contributed by atoms with Gasteiger partial charge in [-0.1, -0.05) is 45.9 Å². The van der Waals surface area contributed by atoms with Crippen LogP contribution in [-0.4, -0.2) is 115 Å². The lowest BCUT2D eigenvalue weighted by Crippen LogP contribution is -2.55. The number of alkyl carbamates (subject to hydrolysis) is 1. The molecule has 0 radical (unpaired) electrons. The minimum Gasteiger partial charge on any atom is -0.493 e. The number of methoxy groups -OCH3 is 2. The number of halogens is 1. The lowest BCUT2D eigenvalue weighted by molar-refractivity contribution is -0.135. The van der Waals surface area contributed by atoms with Crippen LogP contribution >= 0.6 is 0 Å². The van der Waals surface area contributed by atoms with Crippen LogP contribution in [0.4, 0.5) is 9.18 Å². The van der Waals surface area contributed by atoms with E-state index in [0.29, 0.717) is 60.2 Å². The van der Waals surface area contributed by atoms with Crippen molar-refractivity contribution in [3.05, 3.63) is 95.6 Å². The fourth-order valence-electron chi connectivity index (χ4n) is 10.6. The number of benzene rings is 3. The van der Waals surface area contributed by atoms with E-state index in [2.05, 4.69) is 32.7 Å². The molecule has 18 heteroatoms. The number of amides is 2. The second-order valence-electron chi connectivity index (χ2n) is 19.2. The van der Waals surface area contributed by atoms with Crippen molar-refractivity contribution in [3.8, 4) is 45.3 Å². The molecule has 10 rings (SSSR count). The van der Waals surface area contributed by atoms with Crippen LogP contribution in [0.15, 0.2) is 67.0 Å². The number of hydrogen-bond donors (Lipinski definition) is 6. The molecule has 4 aliphatic heterocycles. The molecule has 0 spiro atoms. The van der Waals surface area contributed by atoms with Crippen LogP contribution in [0.25, 0.3) is 44.7 Å². The molecule has 2 saturated heterocycles. The van der Waals surface area contributed by atoms with Crippen molar-refractivity contribution in [3.63, 3.8) is 0 Å². The summed E-state index contributed by atoms with van der Waals surface area (Å²) in [6.07, 6.45) is 3.94. The van der Waals surface area contributed by atoms with Gasteiger partial charge in [-0.2, -0.15) is 0 Å². The fourth-order valence-corrected chi connectivity index (χ4v) is 10.6. The minimum absolute atomic E-state index is 0.00264. The molecule has 6 aromatic rings. The maximum Gasteiger partial charge on any atom is 0.407 e. The Hall–Kier alpha value is -6.31. The molecule has 3 aromatic heterocycles. The average molecular weight is 946 g/mol. The molecule has 0 bridgehead atoms. The largest absolute Gasteiger partial charge is 0.493 e. The number of carbonyl (C=O) groups excluding carboxylic acids is 2. The summed E-state index contributed by atoms with van der Waals surface area (Å²) in [6.45, 7) is 9.49. The number of aliphatic hydroxyl groups is 2. The lowest BCUT2D eigenvalue weighted by atomic mass is 10.0. The third-order valence-corrected chi connectivity index (χ3v) is 14.2. The molecule has 6 N–H and O–H groups in total. The van der Waals surface area contributed by atoms with Gasteiger partial charge in [-0.15, -0.1) is 0 Å². The molecule has 0 aliphatic carbocycles. The van der Waals surface area contributed by atoms with Crippen LogP contribution in [0.2, 0.25) is 0 Å². The number of nitrogens with zero attached hydrogens (tertiary/aromatic N) is 5. The first-order valence-electron chi connectivity index (χ1n) is 23.9. The van der Waals surface area contributed by atoms with Gasteiger partial charge in [0.15, 0.2) is 0 Å². The quantitative estimate of drug-likeness (QED) is 0.0604. The number of carbonyl (C=O) groups is 2. The van der Waals surface area contributed by atoms with E-state index in [0.717, 1.165) is 70.5 Å². The Kier molecular flexibility index (Phi) is 12.7. The second-order valence-corrected chi connectivity index (χ2v) is 19.2. The smallest absolute Gasteiger partial charge is 0.407 e. The van der Waals surface area contributed by atoms with Crippen LogP contribution in [0, 0.1) is 17.7 Å². The monoisotopic (exact) mass is 945 g/mol. The maximum absolute atomic E-state index is 17.0. The van der Waals surface area contributed by atoms with Gasteiger partial charge < -0.3 is 53.9 Å². The summed E-state index contributed by atoms with van der Waals surface area (Å²) >= 11 is 0. The van der Waals surface area contributed by atoms with E-state index in [-0.39, 0.29) is 29.8 Å². The van der Waals surface area contributed by atoms with Gasteiger partial charge in [-0.3, -0.25) is 15.0 Å². The molecule has 2 fully saturated rings. The number of nitrogens with one attached hydrogen (secondary N) is 4. The van der Waals surface area contributed by atoms with Gasteiger partial charge in [-0.25, -0.2) is 19.2 Å². The van der Waals surface area contributed by atoms with Crippen molar-refractivity contribution in [2.24, 2.45) is 11.8 Å². The maximum atomic E-state index is 17.0. The van der Waals surface area contributed by atoms with Crippen molar-refractivity contribution >= 4 is 22.9 Å². The first kappa shape index (κ1) is 46.4. The molecule has 7 unspecified atom stereocenters. The minimum atomic E-state index is -1.21. The highest BCUT2D eigenvalue weighted by Gasteiger charge is 2.40. The lowest BCUT2D eigenvalue weighted by Gasteiger charge is -2.37. The number of aliphatic hydroxyl groups excluding tert-OH is 2. The highest BCUT2D eigenvalue weighted by atomic mass is 19.1. The van der Waals surface area contributed by atoms with E-state index in [1.54, 1.807) is 11.1 Å². The first-order chi connectivity index (χ1) is 33.3. The molecule has 17 nitrogen and oxygen atoms in total. The van der Waals surface area contributed by atoms with Crippen molar-refractivity contribution in [2.45, 2.75) is 103 Å². The van der Waals surface area contributed by atoms with Crippen molar-refractivity contribution in [2.75, 3.05) is 33.9 Å². The number of fused-ring (bicyclic) bond motifs is 6. The number of likely N-dealkylation sites (tertiary alicyclic amines) is 2. The van der Waals surface area contributed by atoms with Gasteiger partial charge >= 0.3 is 6.09 Å². The Morgan fingerprint density at radius 1 is 0.870 bits per heavy atom. The Balaban J connectivity index is 0.973. The van der Waals surface area contributed by atoms with E-state index in [1.165, 1.54) is 20.3 Å². The Morgan fingerprint density at radius 3 is 2.35 bits per heavy atom. The molecule has 7 heterocycles. The van der Waals surface area contributed by atoms with Crippen LogP contribution in [0.1, 0.15) is 94.5 Å². The second kappa shape index (κ2) is 18.9. The number of rotatable bonds is 14. The summed E-state index contributed by atoms with van der Waals surface area (Å²) in [5, 5.41) is 28.3. The van der Waals surface area contributed by atoms with E-state index >= 15 is 4.39 Å². The first-order valence-corrected chi connectivity index (χ1v) is 23.9. The molecule has 4 aliphatic rings. The number of ether oxygens (including phenoxy) is 4. The van der Waals surface area contributed by atoms with Crippen molar-refractivity contribution in [1.82, 2.24) is 44.9 Å². The normalized spacial score (nSPS) is 20.6. The van der Waals surface area contributed by atoms with Crippen LogP contribution in [0.5, 0.6) is 11.5 Å². The fraction of sp³-hybridized carbons (Fsp3) is 0.451. The summed E-state index contributed by atoms with van der Waals surface area (Å²) in [5.41, 5.74) is 6.57. The number of aromatic nitrogens is 5. The molecule has 7 atom stereocenters. The summed E-state index contributed by atoms with van der Waals surface area (Å²) in [6, 6.07) is 15.8. The number of H-pyrrole nitrogens is 2. The Bertz CT molecular complexity index is 2880. The Labute approximate surface area is 399 Å². The molecular weight excluding hydrogens is 886 g/mol. The standard InChI is InChI=1S/C51H60FN9O8/c1-26(2)43(57-50(64)66-5)47(62)59-16-7-9-37(59)45-53-24-34(55-45)29-13-14-36-32(19-29)21-39-42-33(52)20-31(23-41(42)69-49(61(36)39)30-12-11-28-15-18-68-40(28)22-30)35-25-54-46(56-35)38-10-8-17-60(38)48(63)44(27(3)4)58-51(65)67-6/h11-14,19-27,37-38,43-44,47,49-50,57,62,64H,7-10,15-18H2,1-6H3,(H,53,55)(H,54,56)(H,58,65). The van der Waals surface area contributed by atoms with Gasteiger partial charge in [-0.05, 0) is 79.5 Å². The van der Waals surface area contributed by atoms with Crippen molar-refractivity contribution in [1.29, 1.82) is 0 Å². The van der Waals surface area contributed by atoms with Crippen LogP contribution in [0.3, 0.4) is 0 Å². The van der Waals surface area contributed by atoms with Gasteiger partial charge in [0, 0.05) is 48.7 Å². The van der Waals surface area contributed by atoms with Crippen molar-refractivity contribution < 1.29 is 43.1 Å². The van der Waals surface area contributed by atoms with Crippen LogP contribution in [-0.2, 0) is 20.7 Å². The predicted octanol–water partition coefficient (Wildman–Crippen LogP) is 7.14. The summed E-state index contributed by atoms with van der Waals surface area (Å²) in [4.78, 5) is 46.2. The summed E-state index contributed by atoms with van der Waals surface area (Å²) in [7, 11) is 2.67. The third-order valence-electron chi connectivity index (χ3n) is 14.2. The van der Waals surface area contributed by atoms with E-state index in [1.807, 2.05) is 79.8 Å². The SMILES string of the molecule is COC(=O)NC(C(=O)N1CCCC1c1ncc(-c2cc(F)c3c(c2)OC(c2ccc4c(c2)OCC4)n2c-3cc3cc(-c4cnc(C5CCCN5C(O)C(NC(O)OC)C(C)C)[nH]4)ccc32)[nH]1)C(C)C. The number of hydrogen-bond acceptors (Lipinski definition) is 12. The third kappa shape index (κ3) is 8.62. The molecule has 3 aromatic carbocycles. The average Bonchev–Trinajstić information content (AvgIpc) is 4.20. The van der Waals surface area contributed by atoms with E-state index in [9.17, 15) is 19.8 Å². The number of imidazole rings is 2. The van der Waals surface area contributed by atoms with E-state index < -0.39 is 42.9 Å². The molecule has 0 saturated carbocycles. The Morgan fingerprint density at radius 2 is 1.61 bits per heavy atom. The number of aromatic amines is 2. The van der Waals surface area contributed by atoms with Gasteiger partial charge in [0.2, 0.25) is 18.5 Å².